The lowest BCUT2D eigenvalue weighted by atomic mass is 9.97. The van der Waals surface area contributed by atoms with Gasteiger partial charge in [-0.1, -0.05) is 20.8 Å². The Bertz CT molecular complexity index is 513. The molecule has 0 bridgehead atoms. The molecule has 2 aromatic rings. The van der Waals surface area contributed by atoms with Crippen LogP contribution in [0.1, 0.15) is 20.8 Å². The molecular formula is C11H17N7. The maximum atomic E-state index is 5.67. The minimum atomic E-state index is 0.135. The summed E-state index contributed by atoms with van der Waals surface area (Å²) in [4.78, 5) is 16.3. The normalized spacial score (nSPS) is 11.5. The van der Waals surface area contributed by atoms with E-state index in [4.69, 9.17) is 5.73 Å². The van der Waals surface area contributed by atoms with Crippen molar-refractivity contribution < 1.29 is 0 Å². The van der Waals surface area contributed by atoms with Gasteiger partial charge in [0.05, 0.1) is 0 Å². The Kier molecular flexibility index (Phi) is 3.14. The van der Waals surface area contributed by atoms with Crippen molar-refractivity contribution in [3.05, 3.63) is 18.7 Å². The first-order valence-corrected chi connectivity index (χ1v) is 5.68. The van der Waals surface area contributed by atoms with E-state index in [1.54, 1.807) is 23.3 Å². The van der Waals surface area contributed by atoms with E-state index in [0.717, 1.165) is 6.54 Å². The topological polar surface area (TPSA) is 94.5 Å². The number of nitrogens with zero attached hydrogens (tertiary/aromatic N) is 5. The molecule has 7 nitrogen and oxygen atoms in total. The largest absolute Gasteiger partial charge is 0.368 e. The van der Waals surface area contributed by atoms with Gasteiger partial charge in [0.25, 0.3) is 0 Å². The van der Waals surface area contributed by atoms with Crippen LogP contribution in [0.25, 0.3) is 5.95 Å². The van der Waals surface area contributed by atoms with E-state index < -0.39 is 0 Å². The second-order valence-electron chi connectivity index (χ2n) is 5.20. The maximum Gasteiger partial charge on any atom is 0.241 e. The first kappa shape index (κ1) is 12.3. The fraction of sp³-hybridized carbons (Fsp3) is 0.455. The zero-order valence-corrected chi connectivity index (χ0v) is 10.8. The summed E-state index contributed by atoms with van der Waals surface area (Å²) in [5.41, 5.74) is 5.80. The summed E-state index contributed by atoms with van der Waals surface area (Å²) >= 11 is 0. The van der Waals surface area contributed by atoms with Crippen molar-refractivity contribution in [3.63, 3.8) is 0 Å². The van der Waals surface area contributed by atoms with Gasteiger partial charge in [0.1, 0.15) is 6.33 Å². The van der Waals surface area contributed by atoms with E-state index in [0.29, 0.717) is 11.9 Å². The molecule has 0 saturated carbocycles. The van der Waals surface area contributed by atoms with Gasteiger partial charge in [-0.25, -0.2) is 4.98 Å². The number of hydrogen-bond acceptors (Lipinski definition) is 6. The zero-order valence-electron chi connectivity index (χ0n) is 10.8. The summed E-state index contributed by atoms with van der Waals surface area (Å²) in [5.74, 6) is 1.11. The van der Waals surface area contributed by atoms with Crippen LogP contribution in [0, 0.1) is 5.41 Å². The number of imidazole rings is 1. The van der Waals surface area contributed by atoms with Gasteiger partial charge in [-0.05, 0) is 5.41 Å². The third-order valence-corrected chi connectivity index (χ3v) is 2.15. The van der Waals surface area contributed by atoms with Gasteiger partial charge in [0.2, 0.25) is 17.8 Å². The van der Waals surface area contributed by atoms with Gasteiger partial charge < -0.3 is 11.1 Å². The molecule has 0 radical (unpaired) electrons. The molecule has 0 atom stereocenters. The molecule has 0 aromatic carbocycles. The summed E-state index contributed by atoms with van der Waals surface area (Å²) in [7, 11) is 0. The summed E-state index contributed by atoms with van der Waals surface area (Å²) < 4.78 is 1.68. The van der Waals surface area contributed by atoms with Crippen molar-refractivity contribution >= 4 is 11.9 Å². The van der Waals surface area contributed by atoms with Crippen molar-refractivity contribution in [1.29, 1.82) is 0 Å². The number of aromatic nitrogens is 5. The molecule has 96 valence electrons. The molecule has 0 spiro atoms. The molecule has 0 amide bonds. The third-order valence-electron chi connectivity index (χ3n) is 2.15. The Hall–Kier alpha value is -2.18. The quantitative estimate of drug-likeness (QED) is 0.843. The fourth-order valence-corrected chi connectivity index (χ4v) is 1.30. The van der Waals surface area contributed by atoms with Crippen LogP contribution in [-0.4, -0.2) is 31.0 Å². The van der Waals surface area contributed by atoms with Crippen LogP contribution in [-0.2, 0) is 0 Å². The summed E-state index contributed by atoms with van der Waals surface area (Å²) in [6, 6.07) is 0. The van der Waals surface area contributed by atoms with Crippen molar-refractivity contribution in [2.45, 2.75) is 20.8 Å². The Morgan fingerprint density at radius 2 is 2.06 bits per heavy atom. The number of hydrogen-bond donors (Lipinski definition) is 2. The summed E-state index contributed by atoms with van der Waals surface area (Å²) in [6.07, 6.45) is 5.02. The molecule has 2 heterocycles. The van der Waals surface area contributed by atoms with Gasteiger partial charge in [0.15, 0.2) is 0 Å². The molecule has 7 heteroatoms. The number of nitrogens with two attached hydrogens (primary N) is 1. The van der Waals surface area contributed by atoms with Crippen molar-refractivity contribution in [2.24, 2.45) is 5.41 Å². The van der Waals surface area contributed by atoms with Gasteiger partial charge >= 0.3 is 0 Å². The molecule has 0 aliphatic rings. The van der Waals surface area contributed by atoms with Crippen molar-refractivity contribution in [3.8, 4) is 5.95 Å². The Balaban J connectivity index is 2.22. The monoisotopic (exact) mass is 247 g/mol. The van der Waals surface area contributed by atoms with Crippen molar-refractivity contribution in [2.75, 3.05) is 17.6 Å². The van der Waals surface area contributed by atoms with Crippen LogP contribution in [0.2, 0.25) is 0 Å². The minimum absolute atomic E-state index is 0.135. The highest BCUT2D eigenvalue weighted by atomic mass is 15.3. The molecule has 0 saturated heterocycles. The average Bonchev–Trinajstić information content (AvgIpc) is 2.78. The lowest BCUT2D eigenvalue weighted by molar-refractivity contribution is 0.441. The standard InChI is InChI=1S/C11H17N7/c1-11(2,3)6-14-9-15-8(12)16-10(17-9)18-5-4-13-7-18/h4-5,7H,6H2,1-3H3,(H3,12,14,15,16,17). The smallest absolute Gasteiger partial charge is 0.241 e. The van der Waals surface area contributed by atoms with E-state index in [2.05, 4.69) is 46.0 Å². The van der Waals surface area contributed by atoms with E-state index >= 15 is 0 Å². The van der Waals surface area contributed by atoms with Crippen LogP contribution >= 0.6 is 0 Å². The number of anilines is 2. The van der Waals surface area contributed by atoms with E-state index in [9.17, 15) is 0 Å². The number of nitrogen functional groups attached to an aromatic ring is 1. The molecule has 2 rings (SSSR count). The number of nitrogens with one attached hydrogen (secondary N) is 1. The molecular weight excluding hydrogens is 230 g/mol. The average molecular weight is 247 g/mol. The zero-order chi connectivity index (χ0) is 13.2. The second kappa shape index (κ2) is 4.59. The molecule has 0 aliphatic heterocycles. The first-order valence-electron chi connectivity index (χ1n) is 5.68. The van der Waals surface area contributed by atoms with Crippen LogP contribution in [0.4, 0.5) is 11.9 Å². The lowest BCUT2D eigenvalue weighted by Gasteiger charge is -2.18. The Morgan fingerprint density at radius 1 is 1.28 bits per heavy atom. The SMILES string of the molecule is CC(C)(C)CNc1nc(N)nc(-n2ccnc2)n1. The van der Waals surface area contributed by atoms with E-state index in [1.165, 1.54) is 0 Å². The summed E-state index contributed by atoms with van der Waals surface area (Å²) in [5, 5.41) is 3.15. The minimum Gasteiger partial charge on any atom is -0.368 e. The van der Waals surface area contributed by atoms with E-state index in [1.807, 2.05) is 0 Å². The summed E-state index contributed by atoms with van der Waals surface area (Å²) in [6.45, 7) is 7.13. The van der Waals surface area contributed by atoms with Crippen molar-refractivity contribution in [1.82, 2.24) is 24.5 Å². The number of rotatable bonds is 3. The van der Waals surface area contributed by atoms with Crippen LogP contribution in [0.3, 0.4) is 0 Å². The van der Waals surface area contributed by atoms with Gasteiger partial charge in [0, 0.05) is 18.9 Å². The lowest BCUT2D eigenvalue weighted by Crippen LogP contribution is -2.21. The highest BCUT2D eigenvalue weighted by molar-refractivity contribution is 5.35. The van der Waals surface area contributed by atoms with Gasteiger partial charge in [-0.15, -0.1) is 0 Å². The highest BCUT2D eigenvalue weighted by Crippen LogP contribution is 2.14. The van der Waals surface area contributed by atoms with Gasteiger partial charge in [-0.3, -0.25) is 4.57 Å². The highest BCUT2D eigenvalue weighted by Gasteiger charge is 2.12. The second-order valence-corrected chi connectivity index (χ2v) is 5.20. The molecule has 0 unspecified atom stereocenters. The van der Waals surface area contributed by atoms with E-state index in [-0.39, 0.29) is 11.4 Å². The van der Waals surface area contributed by atoms with Crippen LogP contribution in [0.15, 0.2) is 18.7 Å². The first-order chi connectivity index (χ1) is 8.44. The predicted molar refractivity (Wildman–Crippen MR) is 69.3 cm³/mol. The van der Waals surface area contributed by atoms with Crippen LogP contribution < -0.4 is 11.1 Å². The van der Waals surface area contributed by atoms with Crippen LogP contribution in [0.5, 0.6) is 0 Å². The molecule has 18 heavy (non-hydrogen) atoms. The third kappa shape index (κ3) is 3.16. The Labute approximate surface area is 106 Å². The predicted octanol–water partition coefficient (Wildman–Crippen LogP) is 1.10. The fourth-order valence-electron chi connectivity index (χ4n) is 1.30. The molecule has 0 fully saturated rings. The van der Waals surface area contributed by atoms with Gasteiger partial charge in [-0.2, -0.15) is 15.0 Å². The maximum absolute atomic E-state index is 5.67. The Morgan fingerprint density at radius 3 is 2.67 bits per heavy atom. The molecule has 0 aliphatic carbocycles. The molecule has 2 aromatic heterocycles. The molecule has 3 N–H and O–H groups in total.